The van der Waals surface area contributed by atoms with Crippen molar-refractivity contribution in [2.45, 2.75) is 6.10 Å². The molecule has 0 aliphatic carbocycles. The molecule has 2 heterocycles. The normalized spacial score (nSPS) is 16.2. The smallest absolute Gasteiger partial charge is 0.161 e. The fraction of sp³-hybridized carbons (Fsp3) is 0.200. The van der Waals surface area contributed by atoms with E-state index < -0.39 is 0 Å². The Bertz CT molecular complexity index is 634. The van der Waals surface area contributed by atoms with Crippen LogP contribution in [0.2, 0.25) is 0 Å². The average molecular weight is 267 g/mol. The highest BCUT2D eigenvalue weighted by molar-refractivity contribution is 5.42. The van der Waals surface area contributed by atoms with Crippen molar-refractivity contribution in [3.05, 3.63) is 48.2 Å². The lowest BCUT2D eigenvalue weighted by Crippen LogP contribution is -2.35. The molecular formula is C15H13N3O2. The van der Waals surface area contributed by atoms with Crippen LogP contribution in [0.4, 0.5) is 5.82 Å². The van der Waals surface area contributed by atoms with Gasteiger partial charge in [0, 0.05) is 6.20 Å². The van der Waals surface area contributed by atoms with Crippen molar-refractivity contribution in [1.29, 1.82) is 5.26 Å². The van der Waals surface area contributed by atoms with Crippen molar-refractivity contribution in [1.82, 2.24) is 4.98 Å². The van der Waals surface area contributed by atoms with Crippen LogP contribution in [0.15, 0.2) is 42.6 Å². The van der Waals surface area contributed by atoms with Crippen molar-refractivity contribution >= 4 is 5.82 Å². The molecule has 0 saturated carbocycles. The van der Waals surface area contributed by atoms with E-state index in [2.05, 4.69) is 10.3 Å². The van der Waals surface area contributed by atoms with Crippen molar-refractivity contribution in [2.24, 2.45) is 0 Å². The van der Waals surface area contributed by atoms with Crippen LogP contribution < -0.4 is 14.8 Å². The zero-order valence-electron chi connectivity index (χ0n) is 10.7. The molecule has 1 aliphatic rings. The fourth-order valence-electron chi connectivity index (χ4n) is 1.95. The Labute approximate surface area is 116 Å². The van der Waals surface area contributed by atoms with Crippen molar-refractivity contribution in [2.75, 3.05) is 18.5 Å². The highest BCUT2D eigenvalue weighted by Crippen LogP contribution is 2.30. The molecule has 1 aliphatic heterocycles. The van der Waals surface area contributed by atoms with Crippen LogP contribution in [-0.4, -0.2) is 24.2 Å². The summed E-state index contributed by atoms with van der Waals surface area (Å²) >= 11 is 0. The Balaban J connectivity index is 1.58. The number of rotatable bonds is 3. The van der Waals surface area contributed by atoms with E-state index >= 15 is 0 Å². The SMILES string of the molecule is N#Cc1ccc(NC[C@H]2COc3ccccc3O2)nc1. The second kappa shape index (κ2) is 5.49. The number of pyridine rings is 1. The van der Waals surface area contributed by atoms with Gasteiger partial charge in [0.25, 0.3) is 0 Å². The summed E-state index contributed by atoms with van der Waals surface area (Å²) in [5, 5.41) is 11.9. The van der Waals surface area contributed by atoms with Gasteiger partial charge < -0.3 is 14.8 Å². The summed E-state index contributed by atoms with van der Waals surface area (Å²) in [5.41, 5.74) is 0.543. The van der Waals surface area contributed by atoms with Gasteiger partial charge in [0.05, 0.1) is 12.1 Å². The molecule has 0 unspecified atom stereocenters. The first-order valence-electron chi connectivity index (χ1n) is 6.33. The van der Waals surface area contributed by atoms with Crippen molar-refractivity contribution in [3.63, 3.8) is 0 Å². The molecule has 2 aromatic rings. The molecule has 1 aromatic carbocycles. The van der Waals surface area contributed by atoms with Crippen LogP contribution in [0.5, 0.6) is 11.5 Å². The number of nitrogens with zero attached hydrogens (tertiary/aromatic N) is 2. The fourth-order valence-corrected chi connectivity index (χ4v) is 1.95. The van der Waals surface area contributed by atoms with Gasteiger partial charge in [-0.2, -0.15) is 5.26 Å². The van der Waals surface area contributed by atoms with Crippen molar-refractivity contribution < 1.29 is 9.47 Å². The molecule has 5 heteroatoms. The molecular weight excluding hydrogens is 254 g/mol. The molecule has 1 N–H and O–H groups in total. The minimum Gasteiger partial charge on any atom is -0.486 e. The third-order valence-corrected chi connectivity index (χ3v) is 2.97. The lowest BCUT2D eigenvalue weighted by atomic mass is 10.2. The molecule has 100 valence electrons. The first kappa shape index (κ1) is 12.3. The molecule has 3 rings (SSSR count). The number of para-hydroxylation sites is 2. The molecule has 20 heavy (non-hydrogen) atoms. The molecule has 0 fully saturated rings. The number of benzene rings is 1. The molecule has 1 atom stereocenters. The summed E-state index contributed by atoms with van der Waals surface area (Å²) in [6.45, 7) is 1.09. The maximum absolute atomic E-state index is 8.71. The van der Waals surface area contributed by atoms with Crippen LogP contribution in [0.1, 0.15) is 5.56 Å². The van der Waals surface area contributed by atoms with Crippen LogP contribution >= 0.6 is 0 Å². The Hall–Kier alpha value is -2.74. The summed E-state index contributed by atoms with van der Waals surface area (Å²) < 4.78 is 11.5. The van der Waals surface area contributed by atoms with E-state index in [1.165, 1.54) is 6.20 Å². The van der Waals surface area contributed by atoms with E-state index in [1.807, 2.05) is 30.3 Å². The van der Waals surface area contributed by atoms with Gasteiger partial charge in [-0.1, -0.05) is 12.1 Å². The van der Waals surface area contributed by atoms with Crippen LogP contribution in [-0.2, 0) is 0 Å². The third-order valence-electron chi connectivity index (χ3n) is 2.97. The highest BCUT2D eigenvalue weighted by atomic mass is 16.6. The van der Waals surface area contributed by atoms with E-state index in [0.717, 1.165) is 11.5 Å². The standard InChI is InChI=1S/C15H13N3O2/c16-7-11-5-6-15(17-8-11)18-9-12-10-19-13-3-1-2-4-14(13)20-12/h1-6,8,12H,9-10H2,(H,17,18)/t12-/m0/s1. The van der Waals surface area contributed by atoms with Gasteiger partial charge in [-0.15, -0.1) is 0 Å². The van der Waals surface area contributed by atoms with Gasteiger partial charge >= 0.3 is 0 Å². The highest BCUT2D eigenvalue weighted by Gasteiger charge is 2.20. The Morgan fingerprint density at radius 1 is 1.25 bits per heavy atom. The number of nitrogens with one attached hydrogen (secondary N) is 1. The molecule has 0 saturated heterocycles. The molecule has 0 radical (unpaired) electrons. The number of fused-ring (bicyclic) bond motifs is 1. The Morgan fingerprint density at radius 2 is 2.10 bits per heavy atom. The molecule has 0 spiro atoms. The number of ether oxygens (including phenoxy) is 2. The second-order valence-corrected chi connectivity index (χ2v) is 4.42. The van der Waals surface area contributed by atoms with Crippen LogP contribution in [0.3, 0.4) is 0 Å². The Morgan fingerprint density at radius 3 is 2.85 bits per heavy atom. The zero-order chi connectivity index (χ0) is 13.8. The number of hydrogen-bond donors (Lipinski definition) is 1. The van der Waals surface area contributed by atoms with Gasteiger partial charge in [0.2, 0.25) is 0 Å². The number of anilines is 1. The maximum Gasteiger partial charge on any atom is 0.161 e. The third kappa shape index (κ3) is 2.64. The zero-order valence-corrected chi connectivity index (χ0v) is 10.7. The summed E-state index contributed by atoms with van der Waals surface area (Å²) in [5.74, 6) is 2.25. The number of aromatic nitrogens is 1. The summed E-state index contributed by atoms with van der Waals surface area (Å²) in [4.78, 5) is 4.15. The van der Waals surface area contributed by atoms with E-state index in [4.69, 9.17) is 14.7 Å². The number of nitriles is 1. The summed E-state index contributed by atoms with van der Waals surface area (Å²) in [7, 11) is 0. The van der Waals surface area contributed by atoms with Gasteiger partial charge in [0.15, 0.2) is 11.5 Å². The topological polar surface area (TPSA) is 67.2 Å². The summed E-state index contributed by atoms with van der Waals surface area (Å²) in [6.07, 6.45) is 1.47. The van der Waals surface area contributed by atoms with E-state index in [0.29, 0.717) is 24.5 Å². The van der Waals surface area contributed by atoms with E-state index in [-0.39, 0.29) is 6.10 Å². The van der Waals surface area contributed by atoms with E-state index in [9.17, 15) is 0 Å². The van der Waals surface area contributed by atoms with Crippen LogP contribution in [0, 0.1) is 11.3 Å². The maximum atomic E-state index is 8.71. The predicted octanol–water partition coefficient (Wildman–Crippen LogP) is 2.21. The summed E-state index contributed by atoms with van der Waals surface area (Å²) in [6, 6.07) is 13.2. The minimum atomic E-state index is -0.0673. The van der Waals surface area contributed by atoms with Gasteiger partial charge in [-0.3, -0.25) is 0 Å². The largest absolute Gasteiger partial charge is 0.486 e. The van der Waals surface area contributed by atoms with Gasteiger partial charge in [0.1, 0.15) is 24.6 Å². The second-order valence-electron chi connectivity index (χ2n) is 4.42. The molecule has 0 bridgehead atoms. The molecule has 0 amide bonds. The lowest BCUT2D eigenvalue weighted by Gasteiger charge is -2.26. The Kier molecular flexibility index (Phi) is 3.38. The molecule has 5 nitrogen and oxygen atoms in total. The quantitative estimate of drug-likeness (QED) is 0.923. The number of hydrogen-bond acceptors (Lipinski definition) is 5. The predicted molar refractivity (Wildman–Crippen MR) is 73.8 cm³/mol. The lowest BCUT2D eigenvalue weighted by molar-refractivity contribution is 0.0997. The first-order chi connectivity index (χ1) is 9.85. The van der Waals surface area contributed by atoms with E-state index in [1.54, 1.807) is 12.1 Å². The van der Waals surface area contributed by atoms with Crippen LogP contribution in [0.25, 0.3) is 0 Å². The van der Waals surface area contributed by atoms with Gasteiger partial charge in [-0.25, -0.2) is 4.98 Å². The first-order valence-corrected chi connectivity index (χ1v) is 6.33. The van der Waals surface area contributed by atoms with Crippen molar-refractivity contribution in [3.8, 4) is 17.6 Å². The minimum absolute atomic E-state index is 0.0673. The average Bonchev–Trinajstić information content (AvgIpc) is 2.53. The molecule has 1 aromatic heterocycles. The van der Waals surface area contributed by atoms with Gasteiger partial charge in [-0.05, 0) is 24.3 Å². The monoisotopic (exact) mass is 267 g/mol.